The smallest absolute Gasteiger partial charge is 0.123 e. The standard InChI is InChI=1S/C15H22FNO/c1-11-6-7-12(16)10-13(11)14(17-2)15(18-3)8-4-5-9-15/h6-7,10,14,17H,4-5,8-9H2,1-3H3. The van der Waals surface area contributed by atoms with Crippen molar-refractivity contribution in [2.75, 3.05) is 14.2 Å². The lowest BCUT2D eigenvalue weighted by Crippen LogP contribution is -2.42. The quantitative estimate of drug-likeness (QED) is 0.886. The van der Waals surface area contributed by atoms with Crippen LogP contribution >= 0.6 is 0 Å². The van der Waals surface area contributed by atoms with Crippen LogP contribution in [0.4, 0.5) is 4.39 Å². The van der Waals surface area contributed by atoms with E-state index in [9.17, 15) is 4.39 Å². The molecule has 1 fully saturated rings. The SMILES string of the molecule is CNC(c1cc(F)ccc1C)C1(OC)CCCC1. The van der Waals surface area contributed by atoms with Crippen molar-refractivity contribution < 1.29 is 9.13 Å². The zero-order valence-corrected chi connectivity index (χ0v) is 11.4. The third-order valence-corrected chi connectivity index (χ3v) is 4.22. The van der Waals surface area contributed by atoms with Crippen molar-refractivity contribution in [3.8, 4) is 0 Å². The minimum atomic E-state index is -0.187. The molecule has 1 aliphatic rings. The van der Waals surface area contributed by atoms with Gasteiger partial charge in [0.25, 0.3) is 0 Å². The van der Waals surface area contributed by atoms with Gasteiger partial charge in [-0.05, 0) is 50.1 Å². The van der Waals surface area contributed by atoms with Gasteiger partial charge in [0.05, 0.1) is 11.6 Å². The lowest BCUT2D eigenvalue weighted by Gasteiger charge is -2.37. The molecule has 0 bridgehead atoms. The highest BCUT2D eigenvalue weighted by Crippen LogP contribution is 2.43. The first-order valence-corrected chi connectivity index (χ1v) is 6.61. The summed E-state index contributed by atoms with van der Waals surface area (Å²) in [6, 6.07) is 5.04. The van der Waals surface area contributed by atoms with E-state index in [1.807, 2.05) is 20.0 Å². The minimum Gasteiger partial charge on any atom is -0.376 e. The zero-order chi connectivity index (χ0) is 13.2. The van der Waals surface area contributed by atoms with Crippen molar-refractivity contribution in [3.63, 3.8) is 0 Å². The summed E-state index contributed by atoms with van der Waals surface area (Å²) < 4.78 is 19.3. The van der Waals surface area contributed by atoms with Crippen LogP contribution in [0.3, 0.4) is 0 Å². The normalized spacial score (nSPS) is 20.0. The molecule has 2 nitrogen and oxygen atoms in total. The van der Waals surface area contributed by atoms with E-state index in [-0.39, 0.29) is 17.5 Å². The number of methoxy groups -OCH3 is 1. The van der Waals surface area contributed by atoms with Crippen molar-refractivity contribution in [2.45, 2.75) is 44.2 Å². The molecule has 1 atom stereocenters. The van der Waals surface area contributed by atoms with E-state index in [1.54, 1.807) is 13.2 Å². The molecule has 2 rings (SSSR count). The van der Waals surface area contributed by atoms with Crippen LogP contribution in [0.15, 0.2) is 18.2 Å². The summed E-state index contributed by atoms with van der Waals surface area (Å²) >= 11 is 0. The highest BCUT2D eigenvalue weighted by molar-refractivity contribution is 5.32. The van der Waals surface area contributed by atoms with E-state index in [0.29, 0.717) is 0 Å². The van der Waals surface area contributed by atoms with Crippen LogP contribution in [0.5, 0.6) is 0 Å². The second kappa shape index (κ2) is 5.37. The molecule has 100 valence electrons. The molecule has 1 aromatic carbocycles. The van der Waals surface area contributed by atoms with Gasteiger partial charge >= 0.3 is 0 Å². The summed E-state index contributed by atoms with van der Waals surface area (Å²) in [5, 5.41) is 3.33. The van der Waals surface area contributed by atoms with Gasteiger partial charge in [-0.2, -0.15) is 0 Å². The number of hydrogen-bond acceptors (Lipinski definition) is 2. The first-order valence-electron chi connectivity index (χ1n) is 6.61. The molecule has 1 aliphatic carbocycles. The summed E-state index contributed by atoms with van der Waals surface area (Å²) in [5.74, 6) is -0.180. The predicted molar refractivity (Wildman–Crippen MR) is 71.1 cm³/mol. The molecule has 3 heteroatoms. The summed E-state index contributed by atoms with van der Waals surface area (Å²) in [5.41, 5.74) is 1.94. The fourth-order valence-corrected chi connectivity index (χ4v) is 3.21. The number of hydrogen-bond donors (Lipinski definition) is 1. The van der Waals surface area contributed by atoms with Crippen molar-refractivity contribution in [1.29, 1.82) is 0 Å². The Balaban J connectivity index is 2.40. The van der Waals surface area contributed by atoms with Gasteiger partial charge in [0.2, 0.25) is 0 Å². The number of benzene rings is 1. The van der Waals surface area contributed by atoms with Crippen molar-refractivity contribution in [2.24, 2.45) is 0 Å². The second-order valence-corrected chi connectivity index (χ2v) is 5.20. The minimum absolute atomic E-state index is 0.0562. The van der Waals surface area contributed by atoms with E-state index >= 15 is 0 Å². The Morgan fingerprint density at radius 3 is 2.56 bits per heavy atom. The van der Waals surface area contributed by atoms with Gasteiger partial charge in [-0.3, -0.25) is 0 Å². The van der Waals surface area contributed by atoms with Crippen molar-refractivity contribution in [3.05, 3.63) is 35.1 Å². The Bertz CT molecular complexity index is 413. The summed E-state index contributed by atoms with van der Waals surface area (Å²) in [4.78, 5) is 0. The summed E-state index contributed by atoms with van der Waals surface area (Å²) in [6.07, 6.45) is 4.43. The molecule has 0 amide bonds. The molecule has 18 heavy (non-hydrogen) atoms. The van der Waals surface area contributed by atoms with Gasteiger partial charge in [0, 0.05) is 7.11 Å². The maximum Gasteiger partial charge on any atom is 0.123 e. The number of nitrogens with one attached hydrogen (secondary N) is 1. The maximum atomic E-state index is 13.5. The third-order valence-electron chi connectivity index (χ3n) is 4.22. The molecule has 0 aliphatic heterocycles. The van der Waals surface area contributed by atoms with Gasteiger partial charge in [-0.15, -0.1) is 0 Å². The Hall–Kier alpha value is -0.930. The van der Waals surface area contributed by atoms with Gasteiger partial charge in [0.15, 0.2) is 0 Å². The van der Waals surface area contributed by atoms with Gasteiger partial charge in [-0.25, -0.2) is 4.39 Å². The molecule has 0 saturated heterocycles. The van der Waals surface area contributed by atoms with E-state index in [2.05, 4.69) is 5.32 Å². The van der Waals surface area contributed by atoms with Crippen molar-refractivity contribution >= 4 is 0 Å². The van der Waals surface area contributed by atoms with E-state index in [0.717, 1.165) is 24.0 Å². The lowest BCUT2D eigenvalue weighted by molar-refractivity contribution is -0.0351. The van der Waals surface area contributed by atoms with Gasteiger partial charge in [-0.1, -0.05) is 18.9 Å². The number of aryl methyl sites for hydroxylation is 1. The number of likely N-dealkylation sites (N-methyl/N-ethyl adjacent to an activating group) is 1. The molecule has 1 unspecified atom stereocenters. The largest absolute Gasteiger partial charge is 0.376 e. The fraction of sp³-hybridized carbons (Fsp3) is 0.600. The monoisotopic (exact) mass is 251 g/mol. The van der Waals surface area contributed by atoms with E-state index in [4.69, 9.17) is 4.74 Å². The molecule has 1 N–H and O–H groups in total. The Morgan fingerprint density at radius 2 is 2.00 bits per heavy atom. The first kappa shape index (κ1) is 13.5. The number of rotatable bonds is 4. The van der Waals surface area contributed by atoms with Crippen molar-refractivity contribution in [1.82, 2.24) is 5.32 Å². The van der Waals surface area contributed by atoms with Crippen LogP contribution in [-0.4, -0.2) is 19.8 Å². The predicted octanol–water partition coefficient (Wildman–Crippen LogP) is 3.35. The number of halogens is 1. The second-order valence-electron chi connectivity index (χ2n) is 5.20. The summed E-state index contributed by atoms with van der Waals surface area (Å²) in [6.45, 7) is 2.03. The molecule has 1 saturated carbocycles. The zero-order valence-electron chi connectivity index (χ0n) is 11.4. The maximum absolute atomic E-state index is 13.5. The lowest BCUT2D eigenvalue weighted by atomic mass is 9.85. The van der Waals surface area contributed by atoms with Crippen LogP contribution in [0, 0.1) is 12.7 Å². The Labute approximate surface area is 109 Å². The number of ether oxygens (including phenoxy) is 1. The summed E-state index contributed by atoms with van der Waals surface area (Å²) in [7, 11) is 3.69. The highest BCUT2D eigenvalue weighted by Gasteiger charge is 2.42. The van der Waals surface area contributed by atoms with Crippen LogP contribution in [0.2, 0.25) is 0 Å². The molecule has 0 spiro atoms. The Kier molecular flexibility index (Phi) is 4.03. The molecule has 0 heterocycles. The third kappa shape index (κ3) is 2.29. The van der Waals surface area contributed by atoms with Gasteiger partial charge < -0.3 is 10.1 Å². The van der Waals surface area contributed by atoms with E-state index in [1.165, 1.54) is 18.9 Å². The molecule has 1 aromatic rings. The molecule has 0 radical (unpaired) electrons. The fourth-order valence-electron chi connectivity index (χ4n) is 3.21. The van der Waals surface area contributed by atoms with E-state index < -0.39 is 0 Å². The topological polar surface area (TPSA) is 21.3 Å². The van der Waals surface area contributed by atoms with Crippen LogP contribution < -0.4 is 5.32 Å². The van der Waals surface area contributed by atoms with Gasteiger partial charge in [0.1, 0.15) is 5.82 Å². The van der Waals surface area contributed by atoms with Crippen LogP contribution in [0.25, 0.3) is 0 Å². The molecular weight excluding hydrogens is 229 g/mol. The Morgan fingerprint density at radius 1 is 1.33 bits per heavy atom. The van der Waals surface area contributed by atoms with Crippen LogP contribution in [-0.2, 0) is 4.74 Å². The average Bonchev–Trinajstić information content (AvgIpc) is 2.84. The molecule has 0 aromatic heterocycles. The highest BCUT2D eigenvalue weighted by atomic mass is 19.1. The average molecular weight is 251 g/mol. The van der Waals surface area contributed by atoms with Crippen LogP contribution in [0.1, 0.15) is 42.9 Å². The first-order chi connectivity index (χ1) is 8.63. The molecular formula is C15H22FNO.